The fourth-order valence-corrected chi connectivity index (χ4v) is 1.13. The van der Waals surface area contributed by atoms with Gasteiger partial charge < -0.3 is 15.7 Å². The van der Waals surface area contributed by atoms with Gasteiger partial charge in [0, 0.05) is 6.54 Å². The number of aliphatic hydroxyl groups is 1. The molecule has 58 valence electrons. The van der Waals surface area contributed by atoms with Crippen molar-refractivity contribution in [3.63, 3.8) is 0 Å². The Morgan fingerprint density at radius 3 is 2.60 bits per heavy atom. The van der Waals surface area contributed by atoms with Crippen LogP contribution >= 0.6 is 0 Å². The maximum Gasteiger partial charge on any atom is 0.314 e. The van der Waals surface area contributed by atoms with Crippen LogP contribution in [-0.2, 0) is 0 Å². The maximum absolute atomic E-state index is 10.5. The van der Waals surface area contributed by atoms with E-state index < -0.39 is 11.6 Å². The number of amides is 2. The summed E-state index contributed by atoms with van der Waals surface area (Å²) in [6.07, 6.45) is 0.621. The van der Waals surface area contributed by atoms with Crippen molar-refractivity contribution >= 4 is 6.03 Å². The van der Waals surface area contributed by atoms with Crippen molar-refractivity contribution in [2.45, 2.75) is 18.9 Å². The smallest absolute Gasteiger partial charge is 0.314 e. The second-order valence-electron chi connectivity index (χ2n) is 3.01. The van der Waals surface area contributed by atoms with Gasteiger partial charge in [-0.05, 0) is 13.3 Å². The van der Waals surface area contributed by atoms with E-state index >= 15 is 0 Å². The van der Waals surface area contributed by atoms with Crippen molar-refractivity contribution in [2.75, 3.05) is 13.1 Å². The molecule has 1 rings (SSSR count). The van der Waals surface area contributed by atoms with Crippen LogP contribution in [0, 0.1) is 0 Å². The molecule has 2 amide bonds. The Hall–Kier alpha value is -0.770. The minimum Gasteiger partial charge on any atom is -0.388 e. The average molecular weight is 144 g/mol. The van der Waals surface area contributed by atoms with Crippen molar-refractivity contribution in [1.82, 2.24) is 4.90 Å². The zero-order chi connectivity index (χ0) is 7.78. The summed E-state index contributed by atoms with van der Waals surface area (Å²) < 4.78 is 0. The van der Waals surface area contributed by atoms with Crippen molar-refractivity contribution < 1.29 is 9.90 Å². The number of β-amino-alcohol motifs (C(OH)–C–C–N with tert-alkyl or cyclic N) is 1. The molecule has 4 heteroatoms. The molecule has 0 saturated carbocycles. The third-order valence-electron chi connectivity index (χ3n) is 1.76. The largest absolute Gasteiger partial charge is 0.388 e. The van der Waals surface area contributed by atoms with Gasteiger partial charge in [0.25, 0.3) is 0 Å². The summed E-state index contributed by atoms with van der Waals surface area (Å²) in [4.78, 5) is 12.0. The lowest BCUT2D eigenvalue weighted by atomic mass is 10.1. The summed E-state index contributed by atoms with van der Waals surface area (Å²) in [6.45, 7) is 2.64. The molecular weight excluding hydrogens is 132 g/mol. The fraction of sp³-hybridized carbons (Fsp3) is 0.833. The molecule has 1 fully saturated rings. The first kappa shape index (κ1) is 7.34. The van der Waals surface area contributed by atoms with E-state index in [9.17, 15) is 9.90 Å². The van der Waals surface area contributed by atoms with Crippen molar-refractivity contribution in [3.05, 3.63) is 0 Å². The molecule has 0 aliphatic carbocycles. The lowest BCUT2D eigenvalue weighted by Crippen LogP contribution is -2.37. The summed E-state index contributed by atoms with van der Waals surface area (Å²) in [5.41, 5.74) is 4.27. The molecule has 0 bridgehead atoms. The molecule has 1 aliphatic heterocycles. The van der Waals surface area contributed by atoms with E-state index in [-0.39, 0.29) is 0 Å². The van der Waals surface area contributed by atoms with E-state index in [1.165, 1.54) is 4.90 Å². The number of carbonyl (C=O) groups excluding carboxylic acids is 1. The second-order valence-corrected chi connectivity index (χ2v) is 3.01. The van der Waals surface area contributed by atoms with Gasteiger partial charge in [-0.25, -0.2) is 4.79 Å². The van der Waals surface area contributed by atoms with Gasteiger partial charge in [0.1, 0.15) is 0 Å². The van der Waals surface area contributed by atoms with E-state index in [1.807, 2.05) is 0 Å². The SMILES string of the molecule is C[C@@]1(O)CCN(C(N)=O)C1. The molecule has 0 spiro atoms. The molecule has 0 unspecified atom stereocenters. The van der Waals surface area contributed by atoms with Gasteiger partial charge in [-0.2, -0.15) is 0 Å². The van der Waals surface area contributed by atoms with Crippen LogP contribution in [0.25, 0.3) is 0 Å². The second kappa shape index (κ2) is 2.12. The average Bonchev–Trinajstić information content (AvgIpc) is 2.10. The number of likely N-dealkylation sites (tertiary alicyclic amines) is 1. The summed E-state index contributed by atoms with van der Waals surface area (Å²) in [5, 5.41) is 9.36. The molecule has 1 saturated heterocycles. The molecule has 10 heavy (non-hydrogen) atoms. The molecule has 1 heterocycles. The predicted octanol–water partition coefficient (Wildman–Crippen LogP) is -0.478. The van der Waals surface area contributed by atoms with Crippen LogP contribution in [-0.4, -0.2) is 34.7 Å². The van der Waals surface area contributed by atoms with Gasteiger partial charge in [0.2, 0.25) is 0 Å². The topological polar surface area (TPSA) is 66.6 Å². The third kappa shape index (κ3) is 1.39. The number of carbonyl (C=O) groups is 1. The molecule has 4 nitrogen and oxygen atoms in total. The Morgan fingerprint density at radius 1 is 1.80 bits per heavy atom. The molecule has 1 atom stereocenters. The Balaban J connectivity index is 2.51. The number of rotatable bonds is 0. The minimum absolute atomic E-state index is 0.363. The highest BCUT2D eigenvalue weighted by Gasteiger charge is 2.32. The van der Waals surface area contributed by atoms with Crippen LogP contribution in [0.5, 0.6) is 0 Å². The van der Waals surface area contributed by atoms with Gasteiger partial charge in [0.05, 0.1) is 12.1 Å². The zero-order valence-electron chi connectivity index (χ0n) is 6.00. The molecule has 1 aliphatic rings. The molecule has 3 N–H and O–H groups in total. The van der Waals surface area contributed by atoms with Crippen LogP contribution in [0.1, 0.15) is 13.3 Å². The van der Waals surface area contributed by atoms with Crippen LogP contribution < -0.4 is 5.73 Å². The molecule has 0 aromatic rings. The normalized spacial score (nSPS) is 32.8. The number of urea groups is 1. The highest BCUT2D eigenvalue weighted by atomic mass is 16.3. The molecule has 0 aromatic heterocycles. The van der Waals surface area contributed by atoms with Gasteiger partial charge in [-0.3, -0.25) is 0 Å². The number of nitrogens with two attached hydrogens (primary N) is 1. The maximum atomic E-state index is 10.5. The Morgan fingerprint density at radius 2 is 2.40 bits per heavy atom. The first-order chi connectivity index (χ1) is 4.51. The van der Waals surface area contributed by atoms with Crippen LogP contribution in [0.4, 0.5) is 4.79 Å². The van der Waals surface area contributed by atoms with Gasteiger partial charge in [-0.1, -0.05) is 0 Å². The summed E-state index contributed by atoms with van der Waals surface area (Å²) >= 11 is 0. The van der Waals surface area contributed by atoms with Gasteiger partial charge >= 0.3 is 6.03 Å². The number of primary amides is 1. The predicted molar refractivity (Wildman–Crippen MR) is 36.4 cm³/mol. The summed E-state index contributed by atoms with van der Waals surface area (Å²) in [7, 11) is 0. The van der Waals surface area contributed by atoms with Gasteiger partial charge in [0.15, 0.2) is 0 Å². The summed E-state index contributed by atoms with van der Waals surface area (Å²) in [5.74, 6) is 0. The van der Waals surface area contributed by atoms with Crippen LogP contribution in [0.2, 0.25) is 0 Å². The van der Waals surface area contributed by atoms with Crippen LogP contribution in [0.3, 0.4) is 0 Å². The third-order valence-corrected chi connectivity index (χ3v) is 1.76. The number of nitrogens with zero attached hydrogens (tertiary/aromatic N) is 1. The van der Waals surface area contributed by atoms with E-state index in [4.69, 9.17) is 5.73 Å². The number of hydrogen-bond acceptors (Lipinski definition) is 2. The number of hydrogen-bond donors (Lipinski definition) is 2. The Kier molecular flexibility index (Phi) is 1.56. The Bertz CT molecular complexity index is 156. The highest BCUT2D eigenvalue weighted by molar-refractivity contribution is 5.72. The molecule has 0 aromatic carbocycles. The van der Waals surface area contributed by atoms with E-state index in [1.54, 1.807) is 6.92 Å². The van der Waals surface area contributed by atoms with E-state index in [2.05, 4.69) is 0 Å². The monoisotopic (exact) mass is 144 g/mol. The van der Waals surface area contributed by atoms with Crippen molar-refractivity contribution in [1.29, 1.82) is 0 Å². The van der Waals surface area contributed by atoms with Crippen molar-refractivity contribution in [2.24, 2.45) is 5.73 Å². The lowest BCUT2D eigenvalue weighted by molar-refractivity contribution is 0.0725. The van der Waals surface area contributed by atoms with Crippen LogP contribution in [0.15, 0.2) is 0 Å². The highest BCUT2D eigenvalue weighted by Crippen LogP contribution is 2.19. The van der Waals surface area contributed by atoms with E-state index in [0.717, 1.165) is 0 Å². The van der Waals surface area contributed by atoms with Gasteiger partial charge in [-0.15, -0.1) is 0 Å². The fourth-order valence-electron chi connectivity index (χ4n) is 1.13. The van der Waals surface area contributed by atoms with E-state index in [0.29, 0.717) is 19.5 Å². The molecular formula is C6H12N2O2. The lowest BCUT2D eigenvalue weighted by Gasteiger charge is -2.16. The Labute approximate surface area is 59.6 Å². The quantitative estimate of drug-likeness (QED) is 0.482. The molecule has 0 radical (unpaired) electrons. The standard InChI is InChI=1S/C6H12N2O2/c1-6(10)2-3-8(4-6)5(7)9/h10H,2-4H2,1H3,(H2,7,9)/t6-/m1/s1. The first-order valence-corrected chi connectivity index (χ1v) is 3.28. The minimum atomic E-state index is -0.727. The zero-order valence-corrected chi connectivity index (χ0v) is 6.00. The van der Waals surface area contributed by atoms with Crippen molar-refractivity contribution in [3.8, 4) is 0 Å². The summed E-state index contributed by atoms with van der Waals surface area (Å²) in [6, 6.07) is -0.447. The first-order valence-electron chi connectivity index (χ1n) is 3.28.